The lowest BCUT2D eigenvalue weighted by Crippen LogP contribution is -2.44. The van der Waals surface area contributed by atoms with Crippen LogP contribution in [0, 0.1) is 17.1 Å². The van der Waals surface area contributed by atoms with Gasteiger partial charge in [-0.3, -0.25) is 0 Å². The standard InChI is InChI=1S/C30H34FN7O3/c1-39-25-14-19(15-26(40-2)28(25)41-3)27-30(38-29(35-27)20(17-32)18-33-38)34-21-6-7-24(23(31)16-21)37-12-8-22(9-13-37)36-10-4-5-11-36/h6-7,14-16,18,22,34-35H,4-5,8-13H2,1-3H3. The second kappa shape index (κ2) is 11.2. The van der Waals surface area contributed by atoms with Crippen molar-refractivity contribution >= 4 is 22.8 Å². The lowest BCUT2D eigenvalue weighted by molar-refractivity contribution is 0.207. The number of aromatic amines is 1. The number of hydrogen-bond acceptors (Lipinski definition) is 8. The Balaban J connectivity index is 1.31. The van der Waals surface area contributed by atoms with Gasteiger partial charge >= 0.3 is 0 Å². The molecule has 2 saturated heterocycles. The van der Waals surface area contributed by atoms with E-state index < -0.39 is 0 Å². The van der Waals surface area contributed by atoms with Gasteiger partial charge in [0.05, 0.1) is 38.9 Å². The molecule has 41 heavy (non-hydrogen) atoms. The average molecular weight is 560 g/mol. The van der Waals surface area contributed by atoms with Crippen LogP contribution >= 0.6 is 0 Å². The Bertz CT molecular complexity index is 1570. The number of methoxy groups -OCH3 is 3. The maximum absolute atomic E-state index is 15.5. The molecule has 2 fully saturated rings. The molecule has 4 heterocycles. The van der Waals surface area contributed by atoms with Gasteiger partial charge in [-0.2, -0.15) is 14.9 Å². The molecule has 0 spiro atoms. The summed E-state index contributed by atoms with van der Waals surface area (Å²) in [5, 5.41) is 17.4. The topological polar surface area (TPSA) is 103 Å². The zero-order chi connectivity index (χ0) is 28.5. The smallest absolute Gasteiger partial charge is 0.203 e. The SMILES string of the molecule is COc1cc(-c2[nH]c3c(C#N)cnn3c2Nc2ccc(N3CCC(N4CCCC4)CC3)c(F)c2)cc(OC)c1OC. The molecule has 11 heteroatoms. The second-order valence-electron chi connectivity index (χ2n) is 10.4. The average Bonchev–Trinajstić information content (AvgIpc) is 3.75. The third-order valence-corrected chi connectivity index (χ3v) is 8.21. The van der Waals surface area contributed by atoms with E-state index in [9.17, 15) is 5.26 Å². The zero-order valence-corrected chi connectivity index (χ0v) is 23.5. The maximum Gasteiger partial charge on any atom is 0.203 e. The number of likely N-dealkylation sites (tertiary alicyclic amines) is 1. The minimum Gasteiger partial charge on any atom is -0.493 e. The number of fused-ring (bicyclic) bond motifs is 1. The Morgan fingerprint density at radius 2 is 1.71 bits per heavy atom. The first-order valence-electron chi connectivity index (χ1n) is 13.9. The van der Waals surface area contributed by atoms with Gasteiger partial charge in [0.1, 0.15) is 17.4 Å². The highest BCUT2D eigenvalue weighted by molar-refractivity contribution is 5.83. The summed E-state index contributed by atoms with van der Waals surface area (Å²) in [6.07, 6.45) is 6.17. The highest BCUT2D eigenvalue weighted by Crippen LogP contribution is 2.43. The number of imidazole rings is 1. The number of benzene rings is 2. The Hall–Kier alpha value is -4.43. The predicted octanol–water partition coefficient (Wildman–Crippen LogP) is 5.17. The number of nitriles is 1. The number of halogens is 1. The van der Waals surface area contributed by atoms with Crippen LogP contribution in [0.3, 0.4) is 0 Å². The van der Waals surface area contributed by atoms with Crippen LogP contribution in [0.25, 0.3) is 16.9 Å². The van der Waals surface area contributed by atoms with Crippen molar-refractivity contribution in [3.05, 3.63) is 47.9 Å². The quantitative estimate of drug-likeness (QED) is 0.305. The highest BCUT2D eigenvalue weighted by atomic mass is 19.1. The van der Waals surface area contributed by atoms with Gasteiger partial charge in [0.25, 0.3) is 0 Å². The summed E-state index contributed by atoms with van der Waals surface area (Å²) < 4.78 is 33.7. The van der Waals surface area contributed by atoms with Crippen LogP contribution in [-0.4, -0.2) is 73.0 Å². The number of hydrogen-bond donors (Lipinski definition) is 2. The first-order valence-corrected chi connectivity index (χ1v) is 13.9. The van der Waals surface area contributed by atoms with Crippen molar-refractivity contribution in [1.82, 2.24) is 19.5 Å². The van der Waals surface area contributed by atoms with Crippen molar-refractivity contribution in [1.29, 1.82) is 5.26 Å². The molecule has 0 aliphatic carbocycles. The molecule has 2 N–H and O–H groups in total. The second-order valence-corrected chi connectivity index (χ2v) is 10.4. The third kappa shape index (κ3) is 4.89. The molecule has 10 nitrogen and oxygen atoms in total. The molecule has 0 saturated carbocycles. The van der Waals surface area contributed by atoms with Crippen molar-refractivity contribution in [3.63, 3.8) is 0 Å². The maximum atomic E-state index is 15.5. The van der Waals surface area contributed by atoms with Crippen molar-refractivity contribution in [2.45, 2.75) is 31.7 Å². The van der Waals surface area contributed by atoms with Gasteiger partial charge in [-0.05, 0) is 69.1 Å². The third-order valence-electron chi connectivity index (χ3n) is 8.21. The Kier molecular flexibility index (Phi) is 7.32. The number of anilines is 3. The molecular formula is C30H34FN7O3. The summed E-state index contributed by atoms with van der Waals surface area (Å²) in [7, 11) is 4.65. The molecular weight excluding hydrogens is 525 g/mol. The lowest BCUT2D eigenvalue weighted by Gasteiger charge is -2.38. The zero-order valence-electron chi connectivity index (χ0n) is 23.5. The molecule has 0 atom stereocenters. The van der Waals surface area contributed by atoms with Gasteiger partial charge in [-0.1, -0.05) is 0 Å². The highest BCUT2D eigenvalue weighted by Gasteiger charge is 2.28. The summed E-state index contributed by atoms with van der Waals surface area (Å²) in [4.78, 5) is 8.04. The first kappa shape index (κ1) is 26.8. The summed E-state index contributed by atoms with van der Waals surface area (Å²) in [6, 6.07) is 11.6. The number of nitrogens with one attached hydrogen (secondary N) is 2. The van der Waals surface area contributed by atoms with Crippen LogP contribution in [0.5, 0.6) is 17.2 Å². The molecule has 214 valence electrons. The van der Waals surface area contributed by atoms with E-state index in [0.29, 0.717) is 63.0 Å². The molecule has 2 aliphatic rings. The number of rotatable bonds is 8. The Morgan fingerprint density at radius 3 is 2.32 bits per heavy atom. The Labute approximate surface area is 238 Å². The molecule has 2 aromatic heterocycles. The van der Waals surface area contributed by atoms with Gasteiger partial charge in [-0.25, -0.2) is 4.39 Å². The minimum absolute atomic E-state index is 0.283. The largest absolute Gasteiger partial charge is 0.493 e. The Morgan fingerprint density at radius 1 is 1.00 bits per heavy atom. The van der Waals surface area contributed by atoms with E-state index in [1.54, 1.807) is 38.0 Å². The fraction of sp³-hybridized carbons (Fsp3) is 0.400. The van der Waals surface area contributed by atoms with Crippen LogP contribution in [0.1, 0.15) is 31.2 Å². The van der Waals surface area contributed by atoms with Gasteiger partial charge in [0.2, 0.25) is 5.75 Å². The van der Waals surface area contributed by atoms with Crippen LogP contribution in [0.15, 0.2) is 36.5 Å². The van der Waals surface area contributed by atoms with E-state index in [1.807, 2.05) is 12.1 Å². The summed E-state index contributed by atoms with van der Waals surface area (Å²) in [5.74, 6) is 1.67. The predicted molar refractivity (Wildman–Crippen MR) is 155 cm³/mol. The van der Waals surface area contributed by atoms with Crippen LogP contribution in [-0.2, 0) is 0 Å². The molecule has 6 rings (SSSR count). The van der Waals surface area contributed by atoms with E-state index in [4.69, 9.17) is 14.2 Å². The van der Waals surface area contributed by atoms with E-state index in [2.05, 4.69) is 31.3 Å². The van der Waals surface area contributed by atoms with Gasteiger partial charge in [0, 0.05) is 30.4 Å². The summed E-state index contributed by atoms with van der Waals surface area (Å²) >= 11 is 0. The number of ether oxygens (including phenoxy) is 3. The molecule has 2 aliphatic heterocycles. The first-order chi connectivity index (χ1) is 20.0. The minimum atomic E-state index is -0.283. The van der Waals surface area contributed by atoms with Crippen molar-refractivity contribution in [2.24, 2.45) is 0 Å². The normalized spacial score (nSPS) is 16.2. The fourth-order valence-electron chi connectivity index (χ4n) is 6.11. The van der Waals surface area contributed by atoms with Gasteiger partial charge in [-0.15, -0.1) is 0 Å². The number of H-pyrrole nitrogens is 1. The number of nitrogens with zero attached hydrogens (tertiary/aromatic N) is 5. The van der Waals surface area contributed by atoms with Crippen LogP contribution in [0.2, 0.25) is 0 Å². The molecule has 0 bridgehead atoms. The van der Waals surface area contributed by atoms with Crippen LogP contribution < -0.4 is 24.4 Å². The molecule has 4 aromatic rings. The monoisotopic (exact) mass is 559 g/mol. The molecule has 0 amide bonds. The molecule has 0 unspecified atom stereocenters. The van der Waals surface area contributed by atoms with Crippen molar-refractivity contribution < 1.29 is 18.6 Å². The molecule has 2 aromatic carbocycles. The van der Waals surface area contributed by atoms with E-state index in [0.717, 1.165) is 25.9 Å². The van der Waals surface area contributed by atoms with Crippen molar-refractivity contribution in [3.8, 4) is 34.6 Å². The number of aromatic nitrogens is 3. The van der Waals surface area contributed by atoms with E-state index >= 15 is 4.39 Å². The van der Waals surface area contributed by atoms with Crippen molar-refractivity contribution in [2.75, 3.05) is 57.7 Å². The van der Waals surface area contributed by atoms with Gasteiger partial charge in [0.15, 0.2) is 23.0 Å². The van der Waals surface area contributed by atoms with Crippen LogP contribution in [0.4, 0.5) is 21.6 Å². The fourth-order valence-corrected chi connectivity index (χ4v) is 6.11. The lowest BCUT2D eigenvalue weighted by atomic mass is 10.0. The van der Waals surface area contributed by atoms with E-state index in [-0.39, 0.29) is 5.82 Å². The number of piperidine rings is 1. The summed E-state index contributed by atoms with van der Waals surface area (Å²) in [6.45, 7) is 4.07. The van der Waals surface area contributed by atoms with E-state index in [1.165, 1.54) is 38.2 Å². The molecule has 0 radical (unpaired) electrons. The van der Waals surface area contributed by atoms with Gasteiger partial charge < -0.3 is 34.3 Å². The summed E-state index contributed by atoms with van der Waals surface area (Å²) in [5.41, 5.74) is 3.39.